The average molecular weight is 222 g/mol. The number of hydrogen-bond donors (Lipinski definition) is 1. The van der Waals surface area contributed by atoms with Gasteiger partial charge in [0.15, 0.2) is 0 Å². The summed E-state index contributed by atoms with van der Waals surface area (Å²) in [4.78, 5) is 0. The molecule has 0 atom stereocenters. The van der Waals surface area contributed by atoms with Gasteiger partial charge >= 0.3 is 5.76 Å². The molecule has 0 heterocycles. The first kappa shape index (κ1) is 12.1. The van der Waals surface area contributed by atoms with Crippen molar-refractivity contribution in [3.63, 3.8) is 0 Å². The minimum absolute atomic E-state index is 0. The smallest absolute Gasteiger partial charge is 0.328 e. The van der Waals surface area contributed by atoms with Crippen LogP contribution in [0.3, 0.4) is 0 Å². The number of sulfone groups is 1. The van der Waals surface area contributed by atoms with E-state index in [0.717, 1.165) is 0 Å². The molecule has 0 unspecified atom stereocenters. The molecule has 74 valence electrons. The summed E-state index contributed by atoms with van der Waals surface area (Å²) in [5, 5.41) is -0.905. The fourth-order valence-corrected chi connectivity index (χ4v) is 2.34. The molecule has 12 heavy (non-hydrogen) atoms. The molecule has 0 spiro atoms. The first-order valence-electron chi connectivity index (χ1n) is 3.21. The van der Waals surface area contributed by atoms with E-state index in [9.17, 15) is 17.2 Å². The highest BCUT2D eigenvalue weighted by Crippen LogP contribution is 2.28. The van der Waals surface area contributed by atoms with Crippen LogP contribution in [0.5, 0.6) is 0 Å². The zero-order valence-corrected chi connectivity index (χ0v) is 7.75. The van der Waals surface area contributed by atoms with Crippen molar-refractivity contribution in [2.45, 2.75) is 29.9 Å². The molecule has 1 rings (SSSR count). The van der Waals surface area contributed by atoms with Crippen LogP contribution in [0.4, 0.5) is 8.78 Å². The van der Waals surface area contributed by atoms with Crippen LogP contribution in [0.15, 0.2) is 0 Å². The molecule has 0 radical (unpaired) electrons. The molecule has 3 nitrogen and oxygen atoms in total. The van der Waals surface area contributed by atoms with Crippen molar-refractivity contribution in [3.05, 3.63) is 0 Å². The number of hydrogen-bond acceptors (Lipinski definition) is 3. The van der Waals surface area contributed by atoms with Crippen LogP contribution < -0.4 is 5.73 Å². The van der Waals surface area contributed by atoms with Crippen LogP contribution >= 0.6 is 12.4 Å². The van der Waals surface area contributed by atoms with Crippen LogP contribution in [-0.4, -0.2) is 25.5 Å². The second-order valence-corrected chi connectivity index (χ2v) is 4.90. The number of rotatable bonds is 2. The SMILES string of the molecule is Cl.NC1CC(S(=O)(=O)C(F)F)C1. The molecular weight excluding hydrogens is 212 g/mol. The fraction of sp³-hybridized carbons (Fsp3) is 1.00. The van der Waals surface area contributed by atoms with Crippen molar-refractivity contribution in [2.75, 3.05) is 0 Å². The van der Waals surface area contributed by atoms with Gasteiger partial charge in [0.25, 0.3) is 0 Å². The number of alkyl halides is 2. The van der Waals surface area contributed by atoms with Gasteiger partial charge in [-0.3, -0.25) is 0 Å². The molecule has 7 heteroatoms. The predicted molar refractivity (Wildman–Crippen MR) is 43.2 cm³/mol. The van der Waals surface area contributed by atoms with Crippen LogP contribution in [0.25, 0.3) is 0 Å². The van der Waals surface area contributed by atoms with Gasteiger partial charge in [-0.05, 0) is 12.8 Å². The lowest BCUT2D eigenvalue weighted by molar-refractivity contribution is 0.227. The van der Waals surface area contributed by atoms with Crippen molar-refractivity contribution in [1.82, 2.24) is 0 Å². The fourth-order valence-electron chi connectivity index (χ4n) is 1.02. The Bertz CT molecular complexity index is 238. The van der Waals surface area contributed by atoms with Gasteiger partial charge in [-0.15, -0.1) is 12.4 Å². The molecule has 1 saturated carbocycles. The quantitative estimate of drug-likeness (QED) is 0.740. The molecule has 0 bridgehead atoms. The van der Waals surface area contributed by atoms with Gasteiger partial charge in [0.2, 0.25) is 9.84 Å². The van der Waals surface area contributed by atoms with Crippen LogP contribution in [0, 0.1) is 0 Å². The lowest BCUT2D eigenvalue weighted by Gasteiger charge is -2.31. The molecule has 0 aromatic rings. The lowest BCUT2D eigenvalue weighted by atomic mass is 9.94. The Kier molecular flexibility index (Phi) is 3.87. The zero-order chi connectivity index (χ0) is 8.65. The van der Waals surface area contributed by atoms with Crippen molar-refractivity contribution in [3.8, 4) is 0 Å². The normalized spacial score (nSPS) is 29.3. The van der Waals surface area contributed by atoms with E-state index in [1.54, 1.807) is 0 Å². The number of nitrogens with two attached hydrogens (primary N) is 1. The third-order valence-corrected chi connectivity index (χ3v) is 3.66. The van der Waals surface area contributed by atoms with E-state index in [1.165, 1.54) is 0 Å². The topological polar surface area (TPSA) is 60.2 Å². The van der Waals surface area contributed by atoms with Gasteiger partial charge in [-0.1, -0.05) is 0 Å². The minimum Gasteiger partial charge on any atom is -0.328 e. The predicted octanol–water partition coefficient (Wildman–Crippen LogP) is 0.535. The second kappa shape index (κ2) is 3.85. The summed E-state index contributed by atoms with van der Waals surface area (Å²) < 4.78 is 44.9. The van der Waals surface area contributed by atoms with E-state index in [2.05, 4.69) is 0 Å². The van der Waals surface area contributed by atoms with Crippen molar-refractivity contribution >= 4 is 22.2 Å². The molecule has 1 aliphatic rings. The number of halogens is 3. The van der Waals surface area contributed by atoms with Gasteiger partial charge in [0, 0.05) is 6.04 Å². The van der Waals surface area contributed by atoms with Crippen molar-refractivity contribution in [1.29, 1.82) is 0 Å². The van der Waals surface area contributed by atoms with Crippen LogP contribution in [0.1, 0.15) is 12.8 Å². The summed E-state index contributed by atoms with van der Waals surface area (Å²) >= 11 is 0. The third-order valence-electron chi connectivity index (χ3n) is 1.84. The molecular formula is C5H10ClF2NO2S. The zero-order valence-electron chi connectivity index (χ0n) is 6.11. The van der Waals surface area contributed by atoms with E-state index in [0.29, 0.717) is 0 Å². The van der Waals surface area contributed by atoms with Gasteiger partial charge < -0.3 is 5.73 Å². The van der Waals surface area contributed by atoms with E-state index < -0.39 is 20.8 Å². The van der Waals surface area contributed by atoms with E-state index >= 15 is 0 Å². The minimum atomic E-state index is -4.19. The summed E-state index contributed by atoms with van der Waals surface area (Å²) in [6.45, 7) is 0. The molecule has 1 aliphatic carbocycles. The van der Waals surface area contributed by atoms with Crippen molar-refractivity contribution in [2.24, 2.45) is 5.73 Å². The molecule has 0 saturated heterocycles. The Morgan fingerprint density at radius 3 is 2.00 bits per heavy atom. The molecule has 0 aromatic heterocycles. The Labute approximate surface area is 75.6 Å². The van der Waals surface area contributed by atoms with E-state index in [-0.39, 0.29) is 31.3 Å². The highest BCUT2D eigenvalue weighted by Gasteiger charge is 2.41. The Morgan fingerprint density at radius 2 is 1.75 bits per heavy atom. The molecule has 0 aromatic carbocycles. The van der Waals surface area contributed by atoms with Crippen LogP contribution in [0.2, 0.25) is 0 Å². The van der Waals surface area contributed by atoms with E-state index in [1.807, 2.05) is 0 Å². The summed E-state index contributed by atoms with van der Waals surface area (Å²) in [6.07, 6.45) is 0.347. The second-order valence-electron chi connectivity index (χ2n) is 2.70. The first-order valence-corrected chi connectivity index (χ1v) is 4.82. The molecule has 0 amide bonds. The monoisotopic (exact) mass is 221 g/mol. The maximum atomic E-state index is 11.8. The standard InChI is InChI=1S/C5H9F2NO2S.ClH/c6-5(7)11(9,10)4-1-3(8)2-4;/h3-5H,1-2,8H2;1H. The maximum Gasteiger partial charge on any atom is 0.337 e. The Hall–Kier alpha value is 0.0600. The van der Waals surface area contributed by atoms with Crippen LogP contribution in [-0.2, 0) is 9.84 Å². The maximum absolute atomic E-state index is 11.8. The first-order chi connectivity index (χ1) is 4.94. The molecule has 1 fully saturated rings. The largest absolute Gasteiger partial charge is 0.337 e. The highest BCUT2D eigenvalue weighted by atomic mass is 35.5. The average Bonchev–Trinajstić information content (AvgIpc) is 1.80. The summed E-state index contributed by atoms with van der Waals surface area (Å²) in [6, 6.07) is -0.214. The third kappa shape index (κ3) is 2.05. The summed E-state index contributed by atoms with van der Waals surface area (Å²) in [5.74, 6) is -3.25. The summed E-state index contributed by atoms with van der Waals surface area (Å²) in [7, 11) is -4.19. The van der Waals surface area contributed by atoms with Gasteiger partial charge in [0.1, 0.15) is 0 Å². The highest BCUT2D eigenvalue weighted by molar-refractivity contribution is 7.92. The molecule has 0 aliphatic heterocycles. The lowest BCUT2D eigenvalue weighted by Crippen LogP contribution is -2.46. The Balaban J connectivity index is 0.00000121. The van der Waals surface area contributed by atoms with Gasteiger partial charge in [0.05, 0.1) is 5.25 Å². The molecule has 2 N–H and O–H groups in total. The van der Waals surface area contributed by atoms with E-state index in [4.69, 9.17) is 5.73 Å². The Morgan fingerprint density at radius 1 is 1.33 bits per heavy atom. The van der Waals surface area contributed by atoms with Crippen molar-refractivity contribution < 1.29 is 17.2 Å². The van der Waals surface area contributed by atoms with Gasteiger partial charge in [-0.25, -0.2) is 8.42 Å². The van der Waals surface area contributed by atoms with Gasteiger partial charge in [-0.2, -0.15) is 8.78 Å². The summed E-state index contributed by atoms with van der Waals surface area (Å²) in [5.41, 5.74) is 5.26.